The van der Waals surface area contributed by atoms with Crippen molar-refractivity contribution in [3.05, 3.63) is 23.8 Å². The topological polar surface area (TPSA) is 52.7 Å². The summed E-state index contributed by atoms with van der Waals surface area (Å²) >= 11 is 0. The summed E-state index contributed by atoms with van der Waals surface area (Å²) in [7, 11) is 3.87. The van der Waals surface area contributed by atoms with E-state index >= 15 is 0 Å². The zero-order valence-electron chi connectivity index (χ0n) is 16.7. The van der Waals surface area contributed by atoms with Crippen molar-refractivity contribution in [3.8, 4) is 0 Å². The van der Waals surface area contributed by atoms with Gasteiger partial charge in [-0.15, -0.1) is 0 Å². The number of anilines is 2. The van der Waals surface area contributed by atoms with E-state index in [1.165, 1.54) is 0 Å². The largest absolute Gasteiger partial charge is 0.377 e. The van der Waals surface area contributed by atoms with Crippen molar-refractivity contribution in [2.75, 3.05) is 37.4 Å². The summed E-state index contributed by atoms with van der Waals surface area (Å²) in [6.45, 7) is 5.83. The second-order valence-electron chi connectivity index (χ2n) is 7.36. The summed E-state index contributed by atoms with van der Waals surface area (Å²) in [5, 5.41) is 3.03. The zero-order chi connectivity index (χ0) is 19.1. The Labute approximate surface area is 157 Å². The lowest BCUT2D eigenvalue weighted by molar-refractivity contribution is -0.120. The Bertz CT molecular complexity index is 622. The number of carbonyl (C=O) groups is 2. The maximum Gasteiger partial charge on any atom is 0.256 e. The van der Waals surface area contributed by atoms with Crippen molar-refractivity contribution in [1.82, 2.24) is 4.90 Å². The number of amides is 2. The molecule has 1 fully saturated rings. The first kappa shape index (κ1) is 20.3. The average molecular weight is 360 g/mol. The molecule has 5 nitrogen and oxygen atoms in total. The molecule has 2 amide bonds. The molecule has 144 valence electrons. The van der Waals surface area contributed by atoms with Crippen LogP contribution in [0.3, 0.4) is 0 Å². The summed E-state index contributed by atoms with van der Waals surface area (Å²) in [4.78, 5) is 29.4. The number of nitrogens with zero attached hydrogens (tertiary/aromatic N) is 2. The monoisotopic (exact) mass is 359 g/mol. The number of unbranched alkanes of at least 4 members (excludes halogenated alkanes) is 1. The molecule has 0 aromatic heterocycles. The van der Waals surface area contributed by atoms with Crippen LogP contribution in [0.2, 0.25) is 0 Å². The first-order chi connectivity index (χ1) is 12.5. The Balaban J connectivity index is 2.20. The van der Waals surface area contributed by atoms with Crippen molar-refractivity contribution in [1.29, 1.82) is 0 Å². The molecule has 0 spiro atoms. The molecule has 0 saturated carbocycles. The summed E-state index contributed by atoms with van der Waals surface area (Å²) in [6, 6.07) is 5.65. The molecule has 1 aliphatic heterocycles. The van der Waals surface area contributed by atoms with Gasteiger partial charge in [0.05, 0.1) is 5.56 Å². The number of hydrogen-bond donors (Lipinski definition) is 1. The van der Waals surface area contributed by atoms with Gasteiger partial charge >= 0.3 is 0 Å². The van der Waals surface area contributed by atoms with Gasteiger partial charge in [0.1, 0.15) is 0 Å². The second kappa shape index (κ2) is 9.60. The molecule has 1 aliphatic rings. The first-order valence-corrected chi connectivity index (χ1v) is 9.89. The molecule has 1 unspecified atom stereocenters. The predicted octanol–water partition coefficient (Wildman–Crippen LogP) is 4.14. The lowest BCUT2D eigenvalue weighted by Gasteiger charge is -2.22. The van der Waals surface area contributed by atoms with E-state index < -0.39 is 0 Å². The van der Waals surface area contributed by atoms with Gasteiger partial charge in [-0.2, -0.15) is 0 Å². The van der Waals surface area contributed by atoms with Crippen LogP contribution in [0.25, 0.3) is 0 Å². The van der Waals surface area contributed by atoms with Crippen molar-refractivity contribution >= 4 is 23.2 Å². The molecule has 1 heterocycles. The van der Waals surface area contributed by atoms with Crippen LogP contribution >= 0.6 is 0 Å². The number of carbonyl (C=O) groups excluding carboxylic acids is 2. The summed E-state index contributed by atoms with van der Waals surface area (Å²) in [5.41, 5.74) is 2.26. The molecule has 1 atom stereocenters. The normalized spacial score (nSPS) is 15.0. The van der Waals surface area contributed by atoms with Crippen molar-refractivity contribution < 1.29 is 9.59 Å². The van der Waals surface area contributed by atoms with Gasteiger partial charge in [0.2, 0.25) is 5.91 Å². The van der Waals surface area contributed by atoms with E-state index in [4.69, 9.17) is 0 Å². The van der Waals surface area contributed by atoms with Gasteiger partial charge in [0.25, 0.3) is 5.91 Å². The van der Waals surface area contributed by atoms with E-state index in [0.29, 0.717) is 11.3 Å². The number of benzene rings is 1. The number of hydrogen-bond acceptors (Lipinski definition) is 3. The van der Waals surface area contributed by atoms with Crippen LogP contribution in [0, 0.1) is 5.92 Å². The third-order valence-corrected chi connectivity index (χ3v) is 5.14. The SMILES string of the molecule is CCCCC(CC)C(=O)Nc1ccc(N(C)C)c(C(=O)N2CCCC2)c1. The molecule has 1 saturated heterocycles. The quantitative estimate of drug-likeness (QED) is 0.759. The van der Waals surface area contributed by atoms with E-state index in [1.807, 2.05) is 42.1 Å². The highest BCUT2D eigenvalue weighted by Crippen LogP contribution is 2.26. The van der Waals surface area contributed by atoms with Crippen LogP contribution < -0.4 is 10.2 Å². The third kappa shape index (κ3) is 4.99. The van der Waals surface area contributed by atoms with Crippen LogP contribution in [0.5, 0.6) is 0 Å². The standard InChI is InChI=1S/C21H33N3O2/c1-5-7-10-16(6-2)20(25)22-17-11-12-19(23(3)4)18(15-17)21(26)24-13-8-9-14-24/h11-12,15-16H,5-10,13-14H2,1-4H3,(H,22,25). The Morgan fingerprint density at radius 1 is 1.19 bits per heavy atom. The molecule has 0 bridgehead atoms. The maximum absolute atomic E-state index is 12.9. The molecule has 0 aliphatic carbocycles. The summed E-state index contributed by atoms with van der Waals surface area (Å²) < 4.78 is 0. The fourth-order valence-corrected chi connectivity index (χ4v) is 3.48. The highest BCUT2D eigenvalue weighted by Gasteiger charge is 2.23. The Kier molecular flexibility index (Phi) is 7.49. The van der Waals surface area contributed by atoms with E-state index in [1.54, 1.807) is 0 Å². The second-order valence-corrected chi connectivity index (χ2v) is 7.36. The molecule has 5 heteroatoms. The lowest BCUT2D eigenvalue weighted by Crippen LogP contribution is -2.29. The maximum atomic E-state index is 12.9. The minimum atomic E-state index is 0.0289. The van der Waals surface area contributed by atoms with Gasteiger partial charge in [-0.1, -0.05) is 26.7 Å². The third-order valence-electron chi connectivity index (χ3n) is 5.14. The van der Waals surface area contributed by atoms with E-state index in [2.05, 4.69) is 19.2 Å². The zero-order valence-corrected chi connectivity index (χ0v) is 16.7. The van der Waals surface area contributed by atoms with Gasteiger partial charge in [-0.25, -0.2) is 0 Å². The fourth-order valence-electron chi connectivity index (χ4n) is 3.48. The molecule has 1 N–H and O–H groups in total. The van der Waals surface area contributed by atoms with Crippen LogP contribution in [0.1, 0.15) is 62.7 Å². The number of nitrogens with one attached hydrogen (secondary N) is 1. The van der Waals surface area contributed by atoms with Crippen molar-refractivity contribution in [3.63, 3.8) is 0 Å². The minimum Gasteiger partial charge on any atom is -0.377 e. The van der Waals surface area contributed by atoms with Gasteiger partial charge in [-0.05, 0) is 43.9 Å². The van der Waals surface area contributed by atoms with E-state index in [0.717, 1.165) is 57.3 Å². The van der Waals surface area contributed by atoms with Gasteiger partial charge in [0.15, 0.2) is 0 Å². The van der Waals surface area contributed by atoms with E-state index in [9.17, 15) is 9.59 Å². The molecule has 2 rings (SSSR count). The number of rotatable bonds is 8. The Morgan fingerprint density at radius 3 is 2.46 bits per heavy atom. The highest BCUT2D eigenvalue weighted by molar-refractivity contribution is 6.02. The molecule has 1 aromatic rings. The van der Waals surface area contributed by atoms with Crippen LogP contribution in [0.4, 0.5) is 11.4 Å². The molecular weight excluding hydrogens is 326 g/mol. The lowest BCUT2D eigenvalue weighted by atomic mass is 9.98. The van der Waals surface area contributed by atoms with Crippen LogP contribution in [-0.4, -0.2) is 43.9 Å². The van der Waals surface area contributed by atoms with Crippen molar-refractivity contribution in [2.24, 2.45) is 5.92 Å². The molecule has 1 aromatic carbocycles. The Morgan fingerprint density at radius 2 is 1.88 bits per heavy atom. The van der Waals surface area contributed by atoms with Gasteiger partial charge in [-0.3, -0.25) is 9.59 Å². The minimum absolute atomic E-state index is 0.0289. The average Bonchev–Trinajstić information content (AvgIpc) is 3.16. The van der Waals surface area contributed by atoms with Crippen LogP contribution in [-0.2, 0) is 4.79 Å². The highest BCUT2D eigenvalue weighted by atomic mass is 16.2. The molecule has 26 heavy (non-hydrogen) atoms. The fraction of sp³-hybridized carbons (Fsp3) is 0.619. The predicted molar refractivity (Wildman–Crippen MR) is 108 cm³/mol. The van der Waals surface area contributed by atoms with Crippen molar-refractivity contribution in [2.45, 2.75) is 52.4 Å². The Hall–Kier alpha value is -2.04. The van der Waals surface area contributed by atoms with Gasteiger partial charge in [0, 0.05) is 44.5 Å². The first-order valence-electron chi connectivity index (χ1n) is 9.89. The van der Waals surface area contributed by atoms with E-state index in [-0.39, 0.29) is 17.7 Å². The van der Waals surface area contributed by atoms with Crippen LogP contribution in [0.15, 0.2) is 18.2 Å². The summed E-state index contributed by atoms with van der Waals surface area (Å²) in [5.74, 6) is 0.139. The molecule has 0 radical (unpaired) electrons. The number of likely N-dealkylation sites (tertiary alicyclic amines) is 1. The summed E-state index contributed by atoms with van der Waals surface area (Å²) in [6.07, 6.45) is 6.03. The smallest absolute Gasteiger partial charge is 0.256 e. The molecular formula is C21H33N3O2. The van der Waals surface area contributed by atoms with Gasteiger partial charge < -0.3 is 15.1 Å².